The van der Waals surface area contributed by atoms with Crippen molar-refractivity contribution in [1.29, 1.82) is 0 Å². The first kappa shape index (κ1) is 16.3. The summed E-state index contributed by atoms with van der Waals surface area (Å²) < 4.78 is 30.0. The highest BCUT2D eigenvalue weighted by Crippen LogP contribution is 2.21. The van der Waals surface area contributed by atoms with E-state index < -0.39 is 9.84 Å². The highest BCUT2D eigenvalue weighted by atomic mass is 32.2. The maximum absolute atomic E-state index is 11.5. The van der Waals surface area contributed by atoms with Crippen molar-refractivity contribution in [3.63, 3.8) is 0 Å². The molecule has 2 aromatic carbocycles. The molecule has 1 aromatic heterocycles. The Morgan fingerprint density at radius 2 is 1.67 bits per heavy atom. The molecular weight excluding hydrogens is 324 g/mol. The molecule has 0 amide bonds. The van der Waals surface area contributed by atoms with Crippen LogP contribution >= 0.6 is 0 Å². The van der Waals surface area contributed by atoms with E-state index >= 15 is 0 Å². The molecule has 0 N–H and O–H groups in total. The fourth-order valence-electron chi connectivity index (χ4n) is 2.41. The first-order valence-corrected chi connectivity index (χ1v) is 9.31. The average molecular weight is 342 g/mol. The van der Waals surface area contributed by atoms with Crippen molar-refractivity contribution in [3.8, 4) is 16.9 Å². The van der Waals surface area contributed by atoms with Crippen LogP contribution in [0.25, 0.3) is 11.1 Å². The molecule has 0 aliphatic heterocycles. The van der Waals surface area contributed by atoms with E-state index in [2.05, 4.69) is 5.10 Å². The Kier molecular flexibility index (Phi) is 4.40. The number of hydrogen-bond donors (Lipinski definition) is 0. The topological polar surface area (TPSA) is 61.2 Å². The molecule has 3 aromatic rings. The summed E-state index contributed by atoms with van der Waals surface area (Å²) in [6.45, 7) is 0.658. The van der Waals surface area contributed by atoms with Crippen LogP contribution in [0.15, 0.2) is 65.8 Å². The molecule has 3 rings (SSSR count). The van der Waals surface area contributed by atoms with Crippen LogP contribution < -0.4 is 4.74 Å². The molecule has 0 aliphatic rings. The third kappa shape index (κ3) is 3.65. The van der Waals surface area contributed by atoms with E-state index in [1.807, 2.05) is 35.1 Å². The van der Waals surface area contributed by atoms with Gasteiger partial charge in [-0.15, -0.1) is 0 Å². The first-order chi connectivity index (χ1) is 11.5. The SMILES string of the molecule is COc1ccc(Cn2cc(-c3ccc(S(C)(=O)=O)cc3)cn2)cc1. The third-order valence-corrected chi connectivity index (χ3v) is 4.88. The van der Waals surface area contributed by atoms with Crippen molar-refractivity contribution in [2.45, 2.75) is 11.4 Å². The molecule has 0 saturated carbocycles. The van der Waals surface area contributed by atoms with Gasteiger partial charge in [-0.05, 0) is 35.4 Å². The predicted molar refractivity (Wildman–Crippen MR) is 92.9 cm³/mol. The normalized spacial score (nSPS) is 11.4. The Morgan fingerprint density at radius 3 is 2.25 bits per heavy atom. The van der Waals surface area contributed by atoms with E-state index in [0.717, 1.165) is 22.4 Å². The molecule has 124 valence electrons. The summed E-state index contributed by atoms with van der Waals surface area (Å²) in [5.74, 6) is 0.825. The van der Waals surface area contributed by atoms with Crippen molar-refractivity contribution in [3.05, 3.63) is 66.5 Å². The van der Waals surface area contributed by atoms with Crippen molar-refractivity contribution >= 4 is 9.84 Å². The molecule has 0 bridgehead atoms. The minimum absolute atomic E-state index is 0.317. The van der Waals surface area contributed by atoms with Crippen molar-refractivity contribution in [2.24, 2.45) is 0 Å². The van der Waals surface area contributed by atoms with E-state index in [1.54, 1.807) is 37.6 Å². The molecule has 0 fully saturated rings. The summed E-state index contributed by atoms with van der Waals surface area (Å²) in [7, 11) is -1.53. The maximum Gasteiger partial charge on any atom is 0.175 e. The second-order valence-electron chi connectivity index (χ2n) is 5.57. The summed E-state index contributed by atoms with van der Waals surface area (Å²) in [6, 6.07) is 14.7. The molecular formula is C18H18N2O3S. The summed E-state index contributed by atoms with van der Waals surface area (Å²) in [6.07, 6.45) is 4.92. The van der Waals surface area contributed by atoms with Crippen LogP contribution in [-0.4, -0.2) is 31.6 Å². The van der Waals surface area contributed by atoms with Gasteiger partial charge < -0.3 is 4.74 Å². The van der Waals surface area contributed by atoms with Gasteiger partial charge in [-0.3, -0.25) is 4.68 Å². The molecule has 1 heterocycles. The first-order valence-electron chi connectivity index (χ1n) is 7.41. The fraction of sp³-hybridized carbons (Fsp3) is 0.167. The molecule has 0 spiro atoms. The Hall–Kier alpha value is -2.60. The molecule has 5 nitrogen and oxygen atoms in total. The lowest BCUT2D eigenvalue weighted by atomic mass is 10.1. The molecule has 6 heteroatoms. The van der Waals surface area contributed by atoms with Gasteiger partial charge in [-0.2, -0.15) is 5.10 Å². The van der Waals surface area contributed by atoms with Crippen LogP contribution in [0.2, 0.25) is 0 Å². The molecule has 0 aliphatic carbocycles. The highest BCUT2D eigenvalue weighted by Gasteiger charge is 2.08. The van der Waals surface area contributed by atoms with Gasteiger partial charge in [-0.25, -0.2) is 8.42 Å². The lowest BCUT2D eigenvalue weighted by Crippen LogP contribution is -1.99. The van der Waals surface area contributed by atoms with E-state index in [-0.39, 0.29) is 0 Å². The van der Waals surface area contributed by atoms with Crippen LogP contribution in [0.5, 0.6) is 5.75 Å². The molecule has 0 unspecified atom stereocenters. The number of benzene rings is 2. The Labute approximate surface area is 141 Å². The van der Waals surface area contributed by atoms with Gasteiger partial charge in [0.15, 0.2) is 9.84 Å². The van der Waals surface area contributed by atoms with Crippen LogP contribution in [0.1, 0.15) is 5.56 Å². The smallest absolute Gasteiger partial charge is 0.175 e. The number of nitrogens with zero attached hydrogens (tertiary/aromatic N) is 2. The number of ether oxygens (including phenoxy) is 1. The Bertz CT molecular complexity index is 927. The van der Waals surface area contributed by atoms with Crippen LogP contribution in [0, 0.1) is 0 Å². The Balaban J connectivity index is 1.77. The van der Waals surface area contributed by atoms with E-state index in [1.165, 1.54) is 6.26 Å². The highest BCUT2D eigenvalue weighted by molar-refractivity contribution is 7.90. The average Bonchev–Trinajstić information content (AvgIpc) is 3.03. The zero-order valence-electron chi connectivity index (χ0n) is 13.5. The summed E-state index contributed by atoms with van der Waals surface area (Å²) in [5, 5.41) is 4.37. The van der Waals surface area contributed by atoms with Crippen molar-refractivity contribution < 1.29 is 13.2 Å². The van der Waals surface area contributed by atoms with Gasteiger partial charge in [0.05, 0.1) is 24.7 Å². The number of rotatable bonds is 5. The molecule has 24 heavy (non-hydrogen) atoms. The predicted octanol–water partition coefficient (Wildman–Crippen LogP) is 3.01. The molecule has 0 atom stereocenters. The third-order valence-electron chi connectivity index (χ3n) is 3.75. The number of aromatic nitrogens is 2. The largest absolute Gasteiger partial charge is 0.497 e. The number of sulfone groups is 1. The summed E-state index contributed by atoms with van der Waals surface area (Å²) in [4.78, 5) is 0.317. The minimum Gasteiger partial charge on any atom is -0.497 e. The fourth-order valence-corrected chi connectivity index (χ4v) is 3.04. The van der Waals surface area contributed by atoms with Crippen LogP contribution in [0.4, 0.5) is 0 Å². The quantitative estimate of drug-likeness (QED) is 0.715. The number of methoxy groups -OCH3 is 1. The van der Waals surface area contributed by atoms with Gasteiger partial charge in [0.2, 0.25) is 0 Å². The summed E-state index contributed by atoms with van der Waals surface area (Å²) >= 11 is 0. The van der Waals surface area contributed by atoms with Crippen LogP contribution in [-0.2, 0) is 16.4 Å². The lowest BCUT2D eigenvalue weighted by molar-refractivity contribution is 0.414. The van der Waals surface area contributed by atoms with Gasteiger partial charge in [-0.1, -0.05) is 24.3 Å². The van der Waals surface area contributed by atoms with Gasteiger partial charge in [0.25, 0.3) is 0 Å². The minimum atomic E-state index is -3.17. The zero-order valence-corrected chi connectivity index (χ0v) is 14.3. The molecule has 0 radical (unpaired) electrons. The van der Waals surface area contributed by atoms with Gasteiger partial charge in [0.1, 0.15) is 5.75 Å². The van der Waals surface area contributed by atoms with Gasteiger partial charge in [0, 0.05) is 18.0 Å². The Morgan fingerprint density at radius 1 is 1.00 bits per heavy atom. The zero-order chi connectivity index (χ0) is 17.2. The second-order valence-corrected chi connectivity index (χ2v) is 7.59. The van der Waals surface area contributed by atoms with Gasteiger partial charge >= 0.3 is 0 Å². The van der Waals surface area contributed by atoms with E-state index in [4.69, 9.17) is 4.74 Å². The van der Waals surface area contributed by atoms with E-state index in [0.29, 0.717) is 11.4 Å². The van der Waals surface area contributed by atoms with Crippen LogP contribution in [0.3, 0.4) is 0 Å². The van der Waals surface area contributed by atoms with Crippen molar-refractivity contribution in [1.82, 2.24) is 9.78 Å². The number of hydrogen-bond acceptors (Lipinski definition) is 4. The lowest BCUT2D eigenvalue weighted by Gasteiger charge is -2.04. The maximum atomic E-state index is 11.5. The van der Waals surface area contributed by atoms with E-state index in [9.17, 15) is 8.42 Å². The summed E-state index contributed by atoms with van der Waals surface area (Å²) in [5.41, 5.74) is 3.00. The monoisotopic (exact) mass is 342 g/mol. The molecule has 0 saturated heterocycles. The van der Waals surface area contributed by atoms with Crippen molar-refractivity contribution in [2.75, 3.05) is 13.4 Å². The second kappa shape index (κ2) is 6.49. The standard InChI is InChI=1S/C18H18N2O3S/c1-23-17-7-3-14(4-8-17)12-20-13-16(11-19-20)15-5-9-18(10-6-15)24(2,21)22/h3-11,13H,12H2,1-2H3.